The Morgan fingerprint density at radius 1 is 1.47 bits per heavy atom. The Balaban J connectivity index is 0. The van der Waals surface area contributed by atoms with E-state index in [0.29, 0.717) is 12.0 Å². The Bertz CT molecular complexity index is 257. The molecule has 5 heteroatoms. The molecule has 0 bridgehead atoms. The van der Waals surface area contributed by atoms with E-state index in [9.17, 15) is 9.59 Å². The molecular weight excluding hydrogens is 196 g/mol. The second-order valence-corrected chi connectivity index (χ2v) is 2.94. The molecule has 0 heterocycles. The minimum atomic E-state index is -0.481. The summed E-state index contributed by atoms with van der Waals surface area (Å²) in [5, 5.41) is 8.79. The molecule has 0 saturated carbocycles. The van der Waals surface area contributed by atoms with Crippen molar-refractivity contribution in [2.45, 2.75) is 26.4 Å². The van der Waals surface area contributed by atoms with E-state index in [1.54, 1.807) is 19.9 Å². The molecule has 0 aliphatic heterocycles. The van der Waals surface area contributed by atoms with Crippen LogP contribution in [0.1, 0.15) is 20.3 Å². The normalized spacial score (nSPS) is 12.1. The van der Waals surface area contributed by atoms with Crippen molar-refractivity contribution in [2.75, 3.05) is 0 Å². The largest absolute Gasteiger partial charge is 0.393 e. The molecule has 5 nitrogen and oxygen atoms in total. The predicted molar refractivity (Wildman–Crippen MR) is 58.6 cm³/mol. The summed E-state index contributed by atoms with van der Waals surface area (Å²) in [6.07, 6.45) is 2.76. The van der Waals surface area contributed by atoms with Gasteiger partial charge in [-0.2, -0.15) is 0 Å². The molecule has 0 saturated heterocycles. The molecule has 0 aromatic carbocycles. The molecule has 0 aliphatic carbocycles. The van der Waals surface area contributed by atoms with Gasteiger partial charge in [-0.25, -0.2) is 0 Å². The Morgan fingerprint density at radius 2 is 1.87 bits per heavy atom. The van der Waals surface area contributed by atoms with Crippen molar-refractivity contribution in [3.8, 4) is 0 Å². The van der Waals surface area contributed by atoms with Crippen molar-refractivity contribution >= 4 is 11.8 Å². The maximum absolute atomic E-state index is 10.4. The quantitative estimate of drug-likeness (QED) is 0.566. The number of hydrogen-bond acceptors (Lipinski definition) is 3. The number of amides is 2. The van der Waals surface area contributed by atoms with Crippen LogP contribution < -0.4 is 11.5 Å². The molecule has 1 atom stereocenters. The summed E-state index contributed by atoms with van der Waals surface area (Å²) >= 11 is 0. The van der Waals surface area contributed by atoms with Crippen LogP contribution in [0.15, 0.2) is 24.3 Å². The van der Waals surface area contributed by atoms with Crippen molar-refractivity contribution in [3.05, 3.63) is 24.3 Å². The third-order valence-electron chi connectivity index (χ3n) is 1.35. The summed E-state index contributed by atoms with van der Waals surface area (Å²) < 4.78 is 0. The Kier molecular flexibility index (Phi) is 9.45. The lowest BCUT2D eigenvalue weighted by Crippen LogP contribution is -2.12. The second-order valence-electron chi connectivity index (χ2n) is 2.94. The number of aliphatic hydroxyl groups excluding tert-OH is 1. The van der Waals surface area contributed by atoms with Crippen molar-refractivity contribution < 1.29 is 14.7 Å². The van der Waals surface area contributed by atoms with E-state index >= 15 is 0 Å². The summed E-state index contributed by atoms with van der Waals surface area (Å²) in [6.45, 7) is 6.37. The molecule has 0 spiro atoms. The fourth-order valence-electron chi connectivity index (χ4n) is 0.448. The average molecular weight is 214 g/mol. The Morgan fingerprint density at radius 3 is 2.07 bits per heavy atom. The molecule has 86 valence electrons. The van der Waals surface area contributed by atoms with Crippen LogP contribution in [0.3, 0.4) is 0 Å². The molecule has 5 N–H and O–H groups in total. The molecule has 15 heavy (non-hydrogen) atoms. The summed E-state index contributed by atoms with van der Waals surface area (Å²) in [5.74, 6) is -0.911. The van der Waals surface area contributed by atoms with Crippen LogP contribution in [-0.4, -0.2) is 23.0 Å². The van der Waals surface area contributed by atoms with E-state index in [-0.39, 0.29) is 0 Å². The third-order valence-corrected chi connectivity index (χ3v) is 1.35. The van der Waals surface area contributed by atoms with Gasteiger partial charge in [0.1, 0.15) is 0 Å². The number of hydrogen-bond donors (Lipinski definition) is 3. The summed E-state index contributed by atoms with van der Waals surface area (Å²) in [7, 11) is 0. The van der Waals surface area contributed by atoms with Crippen LogP contribution in [0, 0.1) is 0 Å². The molecule has 1 unspecified atom stereocenters. The molecule has 0 aromatic heterocycles. The zero-order valence-corrected chi connectivity index (χ0v) is 9.06. The first kappa shape index (κ1) is 15.8. The highest BCUT2D eigenvalue weighted by Gasteiger charge is 1.97. The van der Waals surface area contributed by atoms with Gasteiger partial charge in [0, 0.05) is 5.57 Å². The summed E-state index contributed by atoms with van der Waals surface area (Å²) in [6, 6.07) is 0. The zero-order valence-electron chi connectivity index (χ0n) is 9.06. The van der Waals surface area contributed by atoms with Gasteiger partial charge in [0.25, 0.3) is 0 Å². The van der Waals surface area contributed by atoms with Crippen molar-refractivity contribution in [1.29, 1.82) is 0 Å². The van der Waals surface area contributed by atoms with E-state index in [2.05, 4.69) is 12.3 Å². The van der Waals surface area contributed by atoms with Crippen LogP contribution in [0.4, 0.5) is 0 Å². The minimum absolute atomic E-state index is 0.408. The second kappa shape index (κ2) is 8.96. The van der Waals surface area contributed by atoms with Gasteiger partial charge in [0.2, 0.25) is 11.8 Å². The van der Waals surface area contributed by atoms with E-state index in [1.165, 1.54) is 0 Å². The van der Waals surface area contributed by atoms with Crippen LogP contribution in [0.25, 0.3) is 0 Å². The van der Waals surface area contributed by atoms with Crippen molar-refractivity contribution in [1.82, 2.24) is 0 Å². The molecule has 0 fully saturated rings. The summed E-state index contributed by atoms with van der Waals surface area (Å²) in [5.41, 5.74) is 9.97. The van der Waals surface area contributed by atoms with E-state index < -0.39 is 17.9 Å². The standard InChI is InChI=1S/C7H13NO2.C3H5NO/c1-5(7(8)10)3-4-6(2)9;1-2-3(4)5/h3,6,9H,4H2,1-2H3,(H2,8,10);2H,1H2,(H2,4,5). The van der Waals surface area contributed by atoms with Crippen LogP contribution in [-0.2, 0) is 9.59 Å². The molecule has 0 rings (SSSR count). The maximum atomic E-state index is 10.4. The number of primary amides is 2. The maximum Gasteiger partial charge on any atom is 0.244 e. The minimum Gasteiger partial charge on any atom is -0.393 e. The number of aliphatic hydroxyl groups is 1. The van der Waals surface area contributed by atoms with Gasteiger partial charge in [-0.1, -0.05) is 12.7 Å². The van der Waals surface area contributed by atoms with Gasteiger partial charge < -0.3 is 16.6 Å². The number of nitrogens with two attached hydrogens (primary N) is 2. The van der Waals surface area contributed by atoms with Gasteiger partial charge in [0.05, 0.1) is 6.10 Å². The third kappa shape index (κ3) is 15.2. The Hall–Kier alpha value is -1.62. The first-order chi connectivity index (χ1) is 6.81. The highest BCUT2D eigenvalue weighted by atomic mass is 16.3. The smallest absolute Gasteiger partial charge is 0.244 e. The van der Waals surface area contributed by atoms with E-state index in [1.807, 2.05) is 0 Å². The first-order valence-electron chi connectivity index (χ1n) is 4.37. The van der Waals surface area contributed by atoms with Gasteiger partial charge >= 0.3 is 0 Å². The van der Waals surface area contributed by atoms with Gasteiger partial charge in [-0.15, -0.1) is 0 Å². The lowest BCUT2D eigenvalue weighted by molar-refractivity contribution is -0.115. The van der Waals surface area contributed by atoms with E-state index in [0.717, 1.165) is 6.08 Å². The molecule has 0 radical (unpaired) electrons. The first-order valence-corrected chi connectivity index (χ1v) is 4.37. The van der Waals surface area contributed by atoms with Gasteiger partial charge in [0.15, 0.2) is 0 Å². The molecule has 0 aromatic rings. The molecule has 0 aliphatic rings. The number of carbonyl (C=O) groups is 2. The molecular formula is C10H18N2O3. The predicted octanol–water partition coefficient (Wildman–Crippen LogP) is -0.153. The van der Waals surface area contributed by atoms with Crippen molar-refractivity contribution in [3.63, 3.8) is 0 Å². The number of rotatable bonds is 4. The lowest BCUT2D eigenvalue weighted by Gasteiger charge is -1.98. The SMILES string of the molecule is C=CC(N)=O.CC(=CCC(C)O)C(N)=O. The van der Waals surface area contributed by atoms with Crippen molar-refractivity contribution in [2.24, 2.45) is 11.5 Å². The van der Waals surface area contributed by atoms with Crippen LogP contribution in [0.2, 0.25) is 0 Å². The highest BCUT2D eigenvalue weighted by Crippen LogP contribution is 1.97. The monoisotopic (exact) mass is 214 g/mol. The van der Waals surface area contributed by atoms with Gasteiger partial charge in [-0.3, -0.25) is 9.59 Å². The topological polar surface area (TPSA) is 106 Å². The Labute approximate surface area is 89.4 Å². The fraction of sp³-hybridized carbons (Fsp3) is 0.400. The molecule has 2 amide bonds. The lowest BCUT2D eigenvalue weighted by atomic mass is 10.2. The number of carbonyl (C=O) groups excluding carboxylic acids is 2. The van der Waals surface area contributed by atoms with Crippen LogP contribution >= 0.6 is 0 Å². The average Bonchev–Trinajstić information content (AvgIpc) is 2.14. The van der Waals surface area contributed by atoms with Gasteiger partial charge in [-0.05, 0) is 26.3 Å². The highest BCUT2D eigenvalue weighted by molar-refractivity contribution is 5.91. The zero-order chi connectivity index (χ0) is 12.4. The summed E-state index contributed by atoms with van der Waals surface area (Å²) in [4.78, 5) is 19.9. The fourth-order valence-corrected chi connectivity index (χ4v) is 0.448. The van der Waals surface area contributed by atoms with E-state index in [4.69, 9.17) is 10.8 Å². The van der Waals surface area contributed by atoms with Crippen LogP contribution in [0.5, 0.6) is 0 Å².